The van der Waals surface area contributed by atoms with E-state index in [0.29, 0.717) is 11.4 Å². The second kappa shape index (κ2) is 7.59. The monoisotopic (exact) mass is 315 g/mol. The minimum absolute atomic E-state index is 0.0947. The van der Waals surface area contributed by atoms with Gasteiger partial charge in [-0.1, -0.05) is 18.2 Å². The number of urea groups is 1. The minimum Gasteiger partial charge on any atom is -0.394 e. The van der Waals surface area contributed by atoms with Crippen molar-refractivity contribution >= 4 is 17.4 Å². The molecular weight excluding hydrogens is 298 g/mol. The third-order valence-electron chi connectivity index (χ3n) is 3.03. The van der Waals surface area contributed by atoms with Crippen LogP contribution in [-0.2, 0) is 6.54 Å². The molecule has 1 atom stereocenters. The van der Waals surface area contributed by atoms with Gasteiger partial charge in [-0.3, -0.25) is 0 Å². The molecule has 2 aromatic rings. The fourth-order valence-electron chi connectivity index (χ4n) is 1.89. The van der Waals surface area contributed by atoms with Gasteiger partial charge in [0.1, 0.15) is 10.9 Å². The van der Waals surface area contributed by atoms with E-state index in [1.54, 1.807) is 13.0 Å². The van der Waals surface area contributed by atoms with Crippen LogP contribution in [0.1, 0.15) is 17.4 Å². The first-order valence-corrected chi connectivity index (χ1v) is 7.68. The highest BCUT2D eigenvalue weighted by Crippen LogP contribution is 2.28. The fraction of sp³-hybridized carbons (Fsp3) is 0.250. The summed E-state index contributed by atoms with van der Waals surface area (Å²) in [6, 6.07) is 13.1. The van der Waals surface area contributed by atoms with E-state index in [1.165, 1.54) is 11.3 Å². The normalized spacial score (nSPS) is 11.5. The van der Waals surface area contributed by atoms with Crippen LogP contribution in [-0.4, -0.2) is 23.8 Å². The first-order valence-electron chi connectivity index (χ1n) is 6.87. The van der Waals surface area contributed by atoms with Gasteiger partial charge in [0, 0.05) is 11.4 Å². The molecule has 0 saturated carbocycles. The van der Waals surface area contributed by atoms with E-state index in [0.717, 1.165) is 16.0 Å². The molecule has 2 rings (SSSR count). The average molecular weight is 315 g/mol. The standard InChI is InChI=1S/C16H17N3O2S/c1-11(10-20)19-16(21)18-9-12-3-2-4-13(7-12)15-6-5-14(8-17)22-15/h2-7,11,20H,9-10H2,1H3,(H2,18,19,21). The maximum absolute atomic E-state index is 11.6. The number of thiophene rings is 1. The van der Waals surface area contributed by atoms with Crippen molar-refractivity contribution in [2.24, 2.45) is 0 Å². The van der Waals surface area contributed by atoms with E-state index in [4.69, 9.17) is 10.4 Å². The van der Waals surface area contributed by atoms with Crippen LogP contribution in [0.5, 0.6) is 0 Å². The summed E-state index contributed by atoms with van der Waals surface area (Å²) in [7, 11) is 0. The summed E-state index contributed by atoms with van der Waals surface area (Å²) < 4.78 is 0. The molecule has 0 aliphatic rings. The molecule has 0 radical (unpaired) electrons. The zero-order valence-electron chi connectivity index (χ0n) is 12.2. The molecule has 22 heavy (non-hydrogen) atoms. The number of aliphatic hydroxyl groups is 1. The molecule has 0 aliphatic heterocycles. The molecule has 0 saturated heterocycles. The molecule has 5 nitrogen and oxygen atoms in total. The third-order valence-corrected chi connectivity index (χ3v) is 4.07. The largest absolute Gasteiger partial charge is 0.394 e. The topological polar surface area (TPSA) is 85.2 Å². The number of nitrogens with one attached hydrogen (secondary N) is 2. The summed E-state index contributed by atoms with van der Waals surface area (Å²) in [4.78, 5) is 13.3. The van der Waals surface area contributed by atoms with Gasteiger partial charge in [-0.2, -0.15) is 5.26 Å². The Bertz CT molecular complexity index is 691. The van der Waals surface area contributed by atoms with Crippen LogP contribution in [0.3, 0.4) is 0 Å². The predicted octanol–water partition coefficient (Wildman–Crippen LogP) is 2.47. The van der Waals surface area contributed by atoms with E-state index < -0.39 is 0 Å². The van der Waals surface area contributed by atoms with Crippen molar-refractivity contribution < 1.29 is 9.90 Å². The summed E-state index contributed by atoms with van der Waals surface area (Å²) in [6.45, 7) is 2.03. The zero-order chi connectivity index (χ0) is 15.9. The van der Waals surface area contributed by atoms with Crippen molar-refractivity contribution in [1.82, 2.24) is 10.6 Å². The van der Waals surface area contributed by atoms with E-state index in [9.17, 15) is 4.79 Å². The highest BCUT2D eigenvalue weighted by molar-refractivity contribution is 7.16. The third kappa shape index (κ3) is 4.32. The predicted molar refractivity (Wildman–Crippen MR) is 86.4 cm³/mol. The van der Waals surface area contributed by atoms with Crippen molar-refractivity contribution in [2.45, 2.75) is 19.5 Å². The number of benzene rings is 1. The van der Waals surface area contributed by atoms with Crippen LogP contribution >= 0.6 is 11.3 Å². The summed E-state index contributed by atoms with van der Waals surface area (Å²) in [5.41, 5.74) is 1.99. The Morgan fingerprint density at radius 2 is 2.23 bits per heavy atom. The molecule has 3 N–H and O–H groups in total. The fourth-order valence-corrected chi connectivity index (χ4v) is 2.69. The lowest BCUT2D eigenvalue weighted by atomic mass is 10.1. The van der Waals surface area contributed by atoms with Crippen LogP contribution in [0.4, 0.5) is 4.79 Å². The van der Waals surface area contributed by atoms with Gasteiger partial charge in [-0.15, -0.1) is 11.3 Å². The molecule has 1 aromatic carbocycles. The lowest BCUT2D eigenvalue weighted by Gasteiger charge is -2.12. The highest BCUT2D eigenvalue weighted by Gasteiger charge is 2.07. The summed E-state index contributed by atoms with van der Waals surface area (Å²) >= 11 is 1.44. The second-order valence-electron chi connectivity index (χ2n) is 4.89. The molecule has 1 heterocycles. The number of hydrogen-bond acceptors (Lipinski definition) is 4. The van der Waals surface area contributed by atoms with Crippen LogP contribution in [0.15, 0.2) is 36.4 Å². The molecule has 1 aromatic heterocycles. The molecule has 114 valence electrons. The van der Waals surface area contributed by atoms with Crippen molar-refractivity contribution in [3.05, 3.63) is 46.8 Å². The first kappa shape index (κ1) is 16.0. The van der Waals surface area contributed by atoms with E-state index in [2.05, 4.69) is 16.7 Å². The quantitative estimate of drug-likeness (QED) is 0.792. The van der Waals surface area contributed by atoms with E-state index in [-0.39, 0.29) is 18.7 Å². The number of carbonyl (C=O) groups excluding carboxylic acids is 1. The van der Waals surface area contributed by atoms with Crippen LogP contribution < -0.4 is 10.6 Å². The summed E-state index contributed by atoms with van der Waals surface area (Å²) in [5.74, 6) is 0. The number of aliphatic hydroxyl groups excluding tert-OH is 1. The summed E-state index contributed by atoms with van der Waals surface area (Å²) in [5, 5.41) is 23.1. The molecule has 0 bridgehead atoms. The Kier molecular flexibility index (Phi) is 5.53. The smallest absolute Gasteiger partial charge is 0.315 e. The number of amides is 2. The second-order valence-corrected chi connectivity index (χ2v) is 5.97. The van der Waals surface area contributed by atoms with Crippen LogP contribution in [0, 0.1) is 11.3 Å². The van der Waals surface area contributed by atoms with Gasteiger partial charge in [-0.05, 0) is 36.2 Å². The van der Waals surface area contributed by atoms with Gasteiger partial charge in [-0.25, -0.2) is 4.79 Å². The van der Waals surface area contributed by atoms with Gasteiger partial charge >= 0.3 is 6.03 Å². The van der Waals surface area contributed by atoms with Gasteiger partial charge in [0.15, 0.2) is 0 Å². The van der Waals surface area contributed by atoms with E-state index >= 15 is 0 Å². The minimum atomic E-state index is -0.310. The van der Waals surface area contributed by atoms with Crippen molar-refractivity contribution in [3.63, 3.8) is 0 Å². The van der Waals surface area contributed by atoms with Gasteiger partial charge < -0.3 is 15.7 Å². The number of nitriles is 1. The Morgan fingerprint density at radius 1 is 1.41 bits per heavy atom. The van der Waals surface area contributed by atoms with Crippen molar-refractivity contribution in [2.75, 3.05) is 6.61 Å². The molecule has 6 heteroatoms. The Hall–Kier alpha value is -2.36. The van der Waals surface area contributed by atoms with Crippen molar-refractivity contribution in [1.29, 1.82) is 5.26 Å². The Labute approximate surface area is 133 Å². The molecule has 1 unspecified atom stereocenters. The maximum atomic E-state index is 11.6. The first-order chi connectivity index (χ1) is 10.6. The lowest BCUT2D eigenvalue weighted by Crippen LogP contribution is -2.41. The average Bonchev–Trinajstić information content (AvgIpc) is 3.02. The molecule has 0 aliphatic carbocycles. The van der Waals surface area contributed by atoms with E-state index in [1.807, 2.05) is 30.3 Å². The van der Waals surface area contributed by atoms with Crippen LogP contribution in [0.25, 0.3) is 10.4 Å². The Balaban J connectivity index is 2.00. The SMILES string of the molecule is CC(CO)NC(=O)NCc1cccc(-c2ccc(C#N)s2)c1. The Morgan fingerprint density at radius 3 is 2.91 bits per heavy atom. The number of carbonyl (C=O) groups is 1. The number of rotatable bonds is 5. The van der Waals surface area contributed by atoms with Gasteiger partial charge in [0.25, 0.3) is 0 Å². The molecular formula is C16H17N3O2S. The van der Waals surface area contributed by atoms with Gasteiger partial charge in [0.2, 0.25) is 0 Å². The maximum Gasteiger partial charge on any atom is 0.315 e. The molecule has 2 amide bonds. The zero-order valence-corrected chi connectivity index (χ0v) is 13.0. The number of nitrogens with zero attached hydrogens (tertiary/aromatic N) is 1. The molecule has 0 fully saturated rings. The van der Waals surface area contributed by atoms with Crippen LogP contribution in [0.2, 0.25) is 0 Å². The number of hydrogen-bond donors (Lipinski definition) is 3. The highest BCUT2D eigenvalue weighted by atomic mass is 32.1. The summed E-state index contributed by atoms with van der Waals surface area (Å²) in [6.07, 6.45) is 0. The van der Waals surface area contributed by atoms with Gasteiger partial charge in [0.05, 0.1) is 12.6 Å². The lowest BCUT2D eigenvalue weighted by molar-refractivity contribution is 0.220. The van der Waals surface area contributed by atoms with Crippen molar-refractivity contribution in [3.8, 4) is 16.5 Å². The molecule has 0 spiro atoms.